The summed E-state index contributed by atoms with van der Waals surface area (Å²) in [6.45, 7) is 6.59. The van der Waals surface area contributed by atoms with Gasteiger partial charge in [-0.3, -0.25) is 4.79 Å². The van der Waals surface area contributed by atoms with Gasteiger partial charge in [0.25, 0.3) is 0 Å². The van der Waals surface area contributed by atoms with Crippen molar-refractivity contribution in [2.45, 2.75) is 25.8 Å². The molecule has 0 radical (unpaired) electrons. The van der Waals surface area contributed by atoms with Crippen LogP contribution >= 0.6 is 11.8 Å². The molecule has 0 bridgehead atoms. The Labute approximate surface area is 157 Å². The van der Waals surface area contributed by atoms with E-state index in [9.17, 15) is 4.79 Å². The average molecular weight is 367 g/mol. The van der Waals surface area contributed by atoms with E-state index < -0.39 is 0 Å². The summed E-state index contributed by atoms with van der Waals surface area (Å²) >= 11 is 1.40. The predicted molar refractivity (Wildman–Crippen MR) is 103 cm³/mol. The maximum absolute atomic E-state index is 12.7. The fourth-order valence-corrected chi connectivity index (χ4v) is 3.60. The Kier molecular flexibility index (Phi) is 5.73. The smallest absolute Gasteiger partial charge is 0.174 e. The van der Waals surface area contributed by atoms with Crippen LogP contribution in [0.5, 0.6) is 5.75 Å². The molecule has 5 nitrogen and oxygen atoms in total. The van der Waals surface area contributed by atoms with E-state index in [1.54, 1.807) is 6.20 Å². The first-order valence-corrected chi connectivity index (χ1v) is 9.44. The lowest BCUT2D eigenvalue weighted by Crippen LogP contribution is -2.06. The molecule has 134 valence electrons. The zero-order valence-electron chi connectivity index (χ0n) is 15.1. The highest BCUT2D eigenvalue weighted by Gasteiger charge is 2.17. The monoisotopic (exact) mass is 367 g/mol. The van der Waals surface area contributed by atoms with E-state index in [1.165, 1.54) is 11.8 Å². The van der Waals surface area contributed by atoms with Crippen molar-refractivity contribution in [3.05, 3.63) is 65.6 Å². The largest absolute Gasteiger partial charge is 0.494 e. The van der Waals surface area contributed by atoms with Crippen LogP contribution in [0.15, 0.2) is 53.7 Å². The Balaban J connectivity index is 1.79. The number of benzene rings is 1. The van der Waals surface area contributed by atoms with Crippen LogP contribution in [0.4, 0.5) is 0 Å². The van der Waals surface area contributed by atoms with Gasteiger partial charge in [0.05, 0.1) is 12.4 Å². The van der Waals surface area contributed by atoms with Crippen LogP contribution in [-0.4, -0.2) is 32.9 Å². The minimum absolute atomic E-state index is 0.0888. The standard InChI is InChI=1S/C20H21N3O2S/c1-4-25-17-9-7-16(8-10-17)23-14(2)12-18(15(23)3)19(24)13-26-20-6-5-11-21-22-20/h5-12H,4,13H2,1-3H3. The first-order valence-electron chi connectivity index (χ1n) is 8.46. The Hall–Kier alpha value is -2.60. The number of rotatable bonds is 7. The number of ether oxygens (including phenoxy) is 1. The van der Waals surface area contributed by atoms with E-state index in [4.69, 9.17) is 4.74 Å². The van der Waals surface area contributed by atoms with Gasteiger partial charge >= 0.3 is 0 Å². The number of Topliss-reactive ketones (excluding diaryl/α,β-unsaturated/α-hetero) is 1. The number of aromatic nitrogens is 3. The van der Waals surface area contributed by atoms with Gasteiger partial charge in [-0.1, -0.05) is 11.8 Å². The molecule has 0 unspecified atom stereocenters. The van der Waals surface area contributed by atoms with E-state index in [0.717, 1.165) is 33.4 Å². The van der Waals surface area contributed by atoms with Crippen LogP contribution in [0, 0.1) is 13.8 Å². The Morgan fingerprint density at radius 3 is 2.62 bits per heavy atom. The molecule has 26 heavy (non-hydrogen) atoms. The van der Waals surface area contributed by atoms with Crippen LogP contribution in [0.1, 0.15) is 28.7 Å². The maximum atomic E-state index is 12.7. The summed E-state index contributed by atoms with van der Waals surface area (Å²) in [4.78, 5) is 12.7. The minimum atomic E-state index is 0.0888. The average Bonchev–Trinajstić information content (AvgIpc) is 2.96. The van der Waals surface area contributed by atoms with Crippen molar-refractivity contribution >= 4 is 17.5 Å². The van der Waals surface area contributed by atoms with Gasteiger partial charge in [-0.15, -0.1) is 5.10 Å². The summed E-state index contributed by atoms with van der Waals surface area (Å²) in [5, 5.41) is 8.59. The molecule has 0 amide bonds. The van der Waals surface area contributed by atoms with Gasteiger partial charge in [-0.2, -0.15) is 5.10 Å². The maximum Gasteiger partial charge on any atom is 0.174 e. The number of carbonyl (C=O) groups excluding carboxylic acids is 1. The fourth-order valence-electron chi connectivity index (χ4n) is 2.88. The molecule has 0 aliphatic rings. The van der Waals surface area contributed by atoms with Crippen LogP contribution in [-0.2, 0) is 0 Å². The van der Waals surface area contributed by atoms with Gasteiger partial charge in [0.2, 0.25) is 0 Å². The molecule has 3 aromatic rings. The van der Waals surface area contributed by atoms with Crippen LogP contribution in [0.2, 0.25) is 0 Å². The number of hydrogen-bond acceptors (Lipinski definition) is 5. The molecule has 0 aliphatic carbocycles. The summed E-state index contributed by atoms with van der Waals surface area (Å²) in [5.41, 5.74) is 3.73. The summed E-state index contributed by atoms with van der Waals surface area (Å²) in [6.07, 6.45) is 1.62. The van der Waals surface area contributed by atoms with Gasteiger partial charge < -0.3 is 9.30 Å². The highest BCUT2D eigenvalue weighted by molar-refractivity contribution is 7.99. The molecule has 6 heteroatoms. The lowest BCUT2D eigenvalue weighted by atomic mass is 10.2. The number of nitrogens with zero attached hydrogens (tertiary/aromatic N) is 3. The summed E-state index contributed by atoms with van der Waals surface area (Å²) in [5.74, 6) is 1.27. The van der Waals surface area contributed by atoms with Crippen LogP contribution < -0.4 is 4.74 Å². The summed E-state index contributed by atoms with van der Waals surface area (Å²) in [7, 11) is 0. The van der Waals surface area contributed by atoms with Gasteiger partial charge in [-0.25, -0.2) is 0 Å². The molecule has 0 saturated heterocycles. The molecule has 2 aromatic heterocycles. The SMILES string of the molecule is CCOc1ccc(-n2c(C)cc(C(=O)CSc3cccnn3)c2C)cc1. The van der Waals surface area contributed by atoms with Crippen molar-refractivity contribution in [2.75, 3.05) is 12.4 Å². The number of carbonyl (C=O) groups is 1. The van der Waals surface area contributed by atoms with Crippen molar-refractivity contribution in [3.8, 4) is 11.4 Å². The highest BCUT2D eigenvalue weighted by atomic mass is 32.2. The van der Waals surface area contributed by atoms with Gasteiger partial charge in [-0.05, 0) is 63.2 Å². The topological polar surface area (TPSA) is 57.0 Å². The van der Waals surface area contributed by atoms with E-state index in [2.05, 4.69) is 14.8 Å². The molecule has 0 fully saturated rings. The second kappa shape index (κ2) is 8.19. The third-order valence-electron chi connectivity index (χ3n) is 4.04. The third-order valence-corrected chi connectivity index (χ3v) is 4.96. The van der Waals surface area contributed by atoms with Crippen molar-refractivity contribution in [1.29, 1.82) is 0 Å². The molecule has 0 N–H and O–H groups in total. The molecular weight excluding hydrogens is 346 g/mol. The van der Waals surface area contributed by atoms with Crippen molar-refractivity contribution in [1.82, 2.24) is 14.8 Å². The second-order valence-electron chi connectivity index (χ2n) is 5.82. The number of hydrogen-bond donors (Lipinski definition) is 0. The number of ketones is 1. The van der Waals surface area contributed by atoms with E-state index in [0.29, 0.717) is 12.4 Å². The Morgan fingerprint density at radius 1 is 1.19 bits per heavy atom. The van der Waals surface area contributed by atoms with Crippen molar-refractivity contribution in [2.24, 2.45) is 0 Å². The zero-order valence-corrected chi connectivity index (χ0v) is 15.9. The van der Waals surface area contributed by atoms with Crippen molar-refractivity contribution in [3.63, 3.8) is 0 Å². The molecule has 3 rings (SSSR count). The third kappa shape index (κ3) is 3.96. The first kappa shape index (κ1) is 18.2. The van der Waals surface area contributed by atoms with Crippen LogP contribution in [0.3, 0.4) is 0 Å². The number of aryl methyl sites for hydroxylation is 1. The Morgan fingerprint density at radius 2 is 1.96 bits per heavy atom. The first-order chi connectivity index (χ1) is 12.6. The van der Waals surface area contributed by atoms with Crippen LogP contribution in [0.25, 0.3) is 5.69 Å². The quantitative estimate of drug-likeness (QED) is 0.461. The zero-order chi connectivity index (χ0) is 18.5. The van der Waals surface area contributed by atoms with E-state index in [-0.39, 0.29) is 5.78 Å². The number of thioether (sulfide) groups is 1. The van der Waals surface area contributed by atoms with Crippen molar-refractivity contribution < 1.29 is 9.53 Å². The molecule has 0 saturated carbocycles. The predicted octanol–water partition coefficient (Wildman–Crippen LogP) is 4.26. The molecular formula is C20H21N3O2S. The molecule has 0 atom stereocenters. The minimum Gasteiger partial charge on any atom is -0.494 e. The molecule has 0 spiro atoms. The summed E-state index contributed by atoms with van der Waals surface area (Å²) in [6, 6.07) is 13.5. The second-order valence-corrected chi connectivity index (χ2v) is 6.82. The molecule has 0 aliphatic heterocycles. The van der Waals surface area contributed by atoms with Gasteiger partial charge in [0.15, 0.2) is 5.78 Å². The van der Waals surface area contributed by atoms with Gasteiger partial charge in [0, 0.05) is 28.8 Å². The van der Waals surface area contributed by atoms with E-state index >= 15 is 0 Å². The van der Waals surface area contributed by atoms with E-state index in [1.807, 2.05) is 63.2 Å². The lowest BCUT2D eigenvalue weighted by molar-refractivity contribution is 0.102. The van der Waals surface area contributed by atoms with Gasteiger partial charge in [0.1, 0.15) is 10.8 Å². The lowest BCUT2D eigenvalue weighted by Gasteiger charge is -2.11. The highest BCUT2D eigenvalue weighted by Crippen LogP contribution is 2.25. The fraction of sp³-hybridized carbons (Fsp3) is 0.250. The normalized spacial score (nSPS) is 10.7. The Bertz CT molecular complexity index is 889. The molecule has 2 heterocycles. The summed E-state index contributed by atoms with van der Waals surface area (Å²) < 4.78 is 7.59. The molecule has 1 aromatic carbocycles.